The van der Waals surface area contributed by atoms with Crippen molar-refractivity contribution in [1.82, 2.24) is 15.2 Å². The molecule has 26 heavy (non-hydrogen) atoms. The molecule has 1 fully saturated rings. The van der Waals surface area contributed by atoms with Crippen molar-refractivity contribution in [1.29, 1.82) is 0 Å². The number of aryl methyl sites for hydroxylation is 1. The molecule has 4 rings (SSSR count). The van der Waals surface area contributed by atoms with Gasteiger partial charge in [0.2, 0.25) is 0 Å². The van der Waals surface area contributed by atoms with Crippen molar-refractivity contribution in [2.75, 3.05) is 19.6 Å². The summed E-state index contributed by atoms with van der Waals surface area (Å²) in [4.78, 5) is 0. The third-order valence-corrected chi connectivity index (χ3v) is 5.37. The fourth-order valence-electron chi connectivity index (χ4n) is 4.06. The molecule has 1 aromatic heterocycles. The molecule has 0 saturated carbocycles. The van der Waals surface area contributed by atoms with Crippen LogP contribution in [0, 0.1) is 5.92 Å². The molecular weight excluding hydrogens is 365 g/mol. The van der Waals surface area contributed by atoms with Gasteiger partial charge in [-0.15, -0.1) is 0 Å². The minimum Gasteiger partial charge on any atom is -1.00 e. The summed E-state index contributed by atoms with van der Waals surface area (Å²) in [7, 11) is 0. The van der Waals surface area contributed by atoms with E-state index in [2.05, 4.69) is 64.6 Å². The first kappa shape index (κ1) is 21.0. The molecule has 2 N–H and O–H groups in total. The number of halogens is 2. The van der Waals surface area contributed by atoms with Crippen LogP contribution in [0.3, 0.4) is 0 Å². The first-order valence-electron chi connectivity index (χ1n) is 9.28. The van der Waals surface area contributed by atoms with Crippen LogP contribution in [-0.2, 0) is 13.1 Å². The Morgan fingerprint density at radius 1 is 1.00 bits per heavy atom. The lowest BCUT2D eigenvalue weighted by Crippen LogP contribution is -3.00. The van der Waals surface area contributed by atoms with E-state index < -0.39 is 0 Å². The number of hydrogen-bond donors (Lipinski definition) is 2. The molecule has 0 bridgehead atoms. The van der Waals surface area contributed by atoms with Crippen molar-refractivity contribution in [3.63, 3.8) is 0 Å². The van der Waals surface area contributed by atoms with Gasteiger partial charge in [-0.1, -0.05) is 24.3 Å². The Morgan fingerprint density at radius 3 is 2.50 bits per heavy atom. The van der Waals surface area contributed by atoms with Crippen molar-refractivity contribution in [3.05, 3.63) is 48.0 Å². The van der Waals surface area contributed by atoms with Gasteiger partial charge in [-0.05, 0) is 69.1 Å². The van der Waals surface area contributed by atoms with Crippen molar-refractivity contribution < 1.29 is 24.8 Å². The smallest absolute Gasteiger partial charge is 0.0491 e. The fourth-order valence-corrected chi connectivity index (χ4v) is 4.06. The van der Waals surface area contributed by atoms with Gasteiger partial charge >= 0.3 is 0 Å². The van der Waals surface area contributed by atoms with Crippen LogP contribution in [0.5, 0.6) is 0 Å². The van der Waals surface area contributed by atoms with Gasteiger partial charge in [0.25, 0.3) is 0 Å². The Kier molecular flexibility index (Phi) is 7.78. The molecule has 0 spiro atoms. The van der Waals surface area contributed by atoms with Gasteiger partial charge in [0.15, 0.2) is 0 Å². The molecule has 0 unspecified atom stereocenters. The summed E-state index contributed by atoms with van der Waals surface area (Å²) in [6.07, 6.45) is 2.60. The number of benzene rings is 2. The van der Waals surface area contributed by atoms with Gasteiger partial charge in [0.1, 0.15) is 0 Å². The summed E-state index contributed by atoms with van der Waals surface area (Å²) in [5.74, 6) is 0.831. The van der Waals surface area contributed by atoms with Crippen molar-refractivity contribution >= 4 is 21.8 Å². The molecule has 142 valence electrons. The van der Waals surface area contributed by atoms with Gasteiger partial charge in [0.05, 0.1) is 0 Å². The zero-order chi connectivity index (χ0) is 16.4. The van der Waals surface area contributed by atoms with Crippen LogP contribution in [0.2, 0.25) is 0 Å². The summed E-state index contributed by atoms with van der Waals surface area (Å²) in [5, 5.41) is 9.86. The summed E-state index contributed by atoms with van der Waals surface area (Å²) in [6.45, 7) is 7.68. The lowest BCUT2D eigenvalue weighted by atomic mass is 9.98. The number of aromatic nitrogens is 1. The molecule has 0 radical (unpaired) electrons. The summed E-state index contributed by atoms with van der Waals surface area (Å²) < 4.78 is 2.41. The highest BCUT2D eigenvalue weighted by atomic mass is 35.5. The SMILES string of the molecule is CCn1c2ccccc2c2cc(CNCC3CCNCC3)ccc21.[Cl-].[Cl-]. The maximum absolute atomic E-state index is 3.67. The van der Waals surface area contributed by atoms with Gasteiger partial charge in [-0.25, -0.2) is 0 Å². The number of rotatable bonds is 5. The van der Waals surface area contributed by atoms with E-state index in [1.54, 1.807) is 0 Å². The molecule has 1 saturated heterocycles. The van der Waals surface area contributed by atoms with E-state index in [9.17, 15) is 0 Å². The van der Waals surface area contributed by atoms with E-state index in [4.69, 9.17) is 0 Å². The zero-order valence-electron chi connectivity index (χ0n) is 15.3. The highest BCUT2D eigenvalue weighted by Crippen LogP contribution is 2.29. The number of nitrogens with one attached hydrogen (secondary N) is 2. The summed E-state index contributed by atoms with van der Waals surface area (Å²) >= 11 is 0. The standard InChI is InChI=1S/C21H27N3.2ClH/c1-2-24-20-6-4-3-5-18(20)19-13-17(7-8-21(19)24)15-23-14-16-9-11-22-12-10-16;;/h3-8,13,16,22-23H,2,9-12,14-15H2,1H3;2*1H/p-2. The highest BCUT2D eigenvalue weighted by molar-refractivity contribution is 6.08. The van der Waals surface area contributed by atoms with E-state index in [0.29, 0.717) is 0 Å². The third-order valence-electron chi connectivity index (χ3n) is 5.37. The van der Waals surface area contributed by atoms with E-state index in [-0.39, 0.29) is 24.8 Å². The van der Waals surface area contributed by atoms with Crippen LogP contribution in [0.15, 0.2) is 42.5 Å². The molecule has 0 amide bonds. The van der Waals surface area contributed by atoms with Crippen molar-refractivity contribution in [2.45, 2.75) is 32.9 Å². The number of nitrogens with zero attached hydrogens (tertiary/aromatic N) is 1. The van der Waals surface area contributed by atoms with E-state index >= 15 is 0 Å². The number of para-hydroxylation sites is 1. The molecule has 2 aromatic carbocycles. The van der Waals surface area contributed by atoms with Crippen LogP contribution >= 0.6 is 0 Å². The molecule has 1 aliphatic heterocycles. The molecule has 0 aliphatic carbocycles. The quantitative estimate of drug-likeness (QED) is 0.522. The Bertz CT molecular complexity index is 838. The third kappa shape index (κ3) is 4.17. The monoisotopic (exact) mass is 391 g/mol. The van der Waals surface area contributed by atoms with E-state index in [1.807, 2.05) is 0 Å². The van der Waals surface area contributed by atoms with Crippen molar-refractivity contribution in [3.8, 4) is 0 Å². The highest BCUT2D eigenvalue weighted by Gasteiger charge is 2.13. The van der Waals surface area contributed by atoms with Crippen molar-refractivity contribution in [2.24, 2.45) is 5.92 Å². The van der Waals surface area contributed by atoms with E-state index in [0.717, 1.165) is 25.6 Å². The lowest BCUT2D eigenvalue weighted by Gasteiger charge is -2.22. The Labute approximate surface area is 168 Å². The second-order valence-corrected chi connectivity index (χ2v) is 6.94. The van der Waals surface area contributed by atoms with E-state index in [1.165, 1.54) is 53.3 Å². The molecule has 2 heterocycles. The van der Waals surface area contributed by atoms with Gasteiger partial charge in [-0.3, -0.25) is 0 Å². The van der Waals surface area contributed by atoms with Crippen LogP contribution < -0.4 is 35.4 Å². The van der Waals surface area contributed by atoms with Crippen LogP contribution in [0.1, 0.15) is 25.3 Å². The average Bonchev–Trinajstić information content (AvgIpc) is 2.96. The second-order valence-electron chi connectivity index (χ2n) is 6.94. The normalized spacial score (nSPS) is 15.0. The second kappa shape index (κ2) is 9.61. The molecule has 0 atom stereocenters. The Balaban J connectivity index is 0.00000121. The summed E-state index contributed by atoms with van der Waals surface area (Å²) in [6, 6.07) is 15.7. The maximum atomic E-state index is 3.67. The summed E-state index contributed by atoms with van der Waals surface area (Å²) in [5.41, 5.74) is 4.08. The average molecular weight is 392 g/mol. The van der Waals surface area contributed by atoms with Gasteiger partial charge in [-0.2, -0.15) is 0 Å². The Morgan fingerprint density at radius 2 is 1.73 bits per heavy atom. The van der Waals surface area contributed by atoms with Crippen LogP contribution in [0.4, 0.5) is 0 Å². The molecule has 5 heteroatoms. The minimum atomic E-state index is 0. The van der Waals surface area contributed by atoms with Crippen LogP contribution in [0.25, 0.3) is 21.8 Å². The maximum Gasteiger partial charge on any atom is 0.0491 e. The van der Waals surface area contributed by atoms with Crippen LogP contribution in [-0.4, -0.2) is 24.2 Å². The van der Waals surface area contributed by atoms with Gasteiger partial charge < -0.3 is 40.0 Å². The predicted molar refractivity (Wildman–Crippen MR) is 102 cm³/mol. The number of fused-ring (bicyclic) bond motifs is 3. The number of piperidine rings is 1. The molecular formula is C21H27Cl2N3-2. The largest absolute Gasteiger partial charge is 1.00 e. The number of hydrogen-bond acceptors (Lipinski definition) is 2. The first-order chi connectivity index (χ1) is 11.9. The first-order valence-corrected chi connectivity index (χ1v) is 9.28. The zero-order valence-corrected chi connectivity index (χ0v) is 16.8. The minimum absolute atomic E-state index is 0. The Hall–Kier alpha value is -1.26. The van der Waals surface area contributed by atoms with Gasteiger partial charge in [0, 0.05) is 34.9 Å². The molecule has 3 nitrogen and oxygen atoms in total. The predicted octanol–water partition coefficient (Wildman–Crippen LogP) is -2.09. The lowest BCUT2D eigenvalue weighted by molar-refractivity contribution is -0.00100. The fraction of sp³-hybridized carbons (Fsp3) is 0.429. The molecule has 1 aliphatic rings. The molecule has 3 aromatic rings. The topological polar surface area (TPSA) is 29.0 Å².